The molecule has 26 heavy (non-hydrogen) atoms. The van der Waals surface area contributed by atoms with E-state index in [2.05, 4.69) is 26.2 Å². The van der Waals surface area contributed by atoms with E-state index in [0.29, 0.717) is 11.4 Å². The predicted octanol–water partition coefficient (Wildman–Crippen LogP) is 4.33. The Morgan fingerprint density at radius 1 is 1.23 bits per heavy atom. The Kier molecular flexibility index (Phi) is 5.01. The van der Waals surface area contributed by atoms with Gasteiger partial charge >= 0.3 is 0 Å². The standard InChI is InChI=1S/C20H31NO3SSi/c1-15(2)18-13-20(24-26(4,5)6)11-12-21(19(18)14-20)25(22,23)17-9-7-16(3)8-10-17/h7-10,18-19H,1,11-14H2,2-6H3/t18-,19-,20+/m0/s1. The normalized spacial score (nSPS) is 29.7. The summed E-state index contributed by atoms with van der Waals surface area (Å²) in [6, 6.07) is 7.11. The van der Waals surface area contributed by atoms with Crippen LogP contribution in [0, 0.1) is 12.8 Å². The molecule has 1 saturated carbocycles. The summed E-state index contributed by atoms with van der Waals surface area (Å²) in [7, 11) is -5.21. The fourth-order valence-corrected chi connectivity index (χ4v) is 7.79. The molecule has 6 heteroatoms. The first-order valence-electron chi connectivity index (χ1n) is 9.38. The molecular weight excluding hydrogens is 362 g/mol. The third kappa shape index (κ3) is 3.70. The van der Waals surface area contributed by atoms with Gasteiger partial charge in [-0.25, -0.2) is 8.42 Å². The van der Waals surface area contributed by atoms with Crippen molar-refractivity contribution >= 4 is 18.3 Å². The summed E-state index contributed by atoms with van der Waals surface area (Å²) in [5.41, 5.74) is 1.94. The minimum atomic E-state index is -3.50. The van der Waals surface area contributed by atoms with Gasteiger partial charge in [-0.15, -0.1) is 0 Å². The fraction of sp³-hybridized carbons (Fsp3) is 0.600. The lowest BCUT2D eigenvalue weighted by Gasteiger charge is -2.42. The average molecular weight is 394 g/mol. The van der Waals surface area contributed by atoms with Crippen molar-refractivity contribution in [2.75, 3.05) is 6.54 Å². The van der Waals surface area contributed by atoms with Crippen molar-refractivity contribution in [2.24, 2.45) is 5.92 Å². The molecule has 2 fully saturated rings. The molecule has 0 aromatic heterocycles. The van der Waals surface area contributed by atoms with Gasteiger partial charge in [0.1, 0.15) is 0 Å². The first kappa shape index (κ1) is 19.8. The van der Waals surface area contributed by atoms with Gasteiger partial charge in [0.05, 0.1) is 10.5 Å². The van der Waals surface area contributed by atoms with Gasteiger partial charge in [0.2, 0.25) is 10.0 Å². The van der Waals surface area contributed by atoms with Gasteiger partial charge < -0.3 is 4.43 Å². The van der Waals surface area contributed by atoms with Crippen molar-refractivity contribution in [1.82, 2.24) is 4.31 Å². The lowest BCUT2D eigenvalue weighted by atomic mass is 9.94. The van der Waals surface area contributed by atoms with E-state index in [4.69, 9.17) is 4.43 Å². The molecule has 0 N–H and O–H groups in total. The van der Waals surface area contributed by atoms with E-state index >= 15 is 0 Å². The maximum absolute atomic E-state index is 13.3. The number of benzene rings is 1. The molecule has 144 valence electrons. The van der Waals surface area contributed by atoms with Gasteiger partial charge in [0, 0.05) is 12.6 Å². The molecule has 3 atom stereocenters. The molecule has 0 unspecified atom stereocenters. The Bertz CT molecular complexity index is 797. The van der Waals surface area contributed by atoms with E-state index in [1.54, 1.807) is 16.4 Å². The molecular formula is C20H31NO3SSi. The van der Waals surface area contributed by atoms with Crippen molar-refractivity contribution < 1.29 is 12.8 Å². The molecule has 2 bridgehead atoms. The molecule has 3 rings (SSSR count). The number of aryl methyl sites for hydroxylation is 1. The summed E-state index contributed by atoms with van der Waals surface area (Å²) >= 11 is 0. The third-order valence-electron chi connectivity index (χ3n) is 5.58. The van der Waals surface area contributed by atoms with Crippen LogP contribution in [-0.2, 0) is 14.4 Å². The smallest absolute Gasteiger partial charge is 0.243 e. The highest BCUT2D eigenvalue weighted by Gasteiger charge is 2.55. The zero-order valence-corrected chi connectivity index (χ0v) is 18.4. The summed E-state index contributed by atoms with van der Waals surface area (Å²) in [6.07, 6.45) is 2.43. The van der Waals surface area contributed by atoms with Crippen molar-refractivity contribution in [3.63, 3.8) is 0 Å². The molecule has 2 aliphatic rings. The Hall–Kier alpha value is -0.953. The van der Waals surface area contributed by atoms with E-state index in [9.17, 15) is 8.42 Å². The number of hydrogen-bond acceptors (Lipinski definition) is 3. The summed E-state index contributed by atoms with van der Waals surface area (Å²) < 4.78 is 34.9. The average Bonchev–Trinajstić information content (AvgIpc) is 2.78. The molecule has 1 heterocycles. The Morgan fingerprint density at radius 3 is 2.38 bits per heavy atom. The lowest BCUT2D eigenvalue weighted by molar-refractivity contribution is 0.0290. The van der Waals surface area contributed by atoms with Crippen LogP contribution in [0.2, 0.25) is 19.6 Å². The Morgan fingerprint density at radius 2 is 1.85 bits per heavy atom. The first-order chi connectivity index (χ1) is 11.9. The topological polar surface area (TPSA) is 46.6 Å². The molecule has 1 saturated heterocycles. The number of rotatable bonds is 5. The molecule has 0 amide bonds. The van der Waals surface area contributed by atoms with Crippen molar-refractivity contribution in [3.05, 3.63) is 42.0 Å². The van der Waals surface area contributed by atoms with Crippen LogP contribution < -0.4 is 0 Å². The van der Waals surface area contributed by atoms with E-state index in [1.165, 1.54) is 0 Å². The van der Waals surface area contributed by atoms with Crippen LogP contribution in [0.1, 0.15) is 31.7 Å². The lowest BCUT2D eigenvalue weighted by Crippen LogP contribution is -2.51. The van der Waals surface area contributed by atoms with Crippen LogP contribution in [0.3, 0.4) is 0 Å². The second-order valence-electron chi connectivity index (χ2n) is 9.00. The summed E-state index contributed by atoms with van der Waals surface area (Å²) in [6.45, 7) is 15.3. The minimum absolute atomic E-state index is 0.0519. The molecule has 1 aromatic carbocycles. The number of fused-ring (bicyclic) bond motifs is 2. The van der Waals surface area contributed by atoms with E-state index in [1.807, 2.05) is 26.0 Å². The van der Waals surface area contributed by atoms with Gasteiger partial charge in [-0.1, -0.05) is 29.8 Å². The quantitative estimate of drug-likeness (QED) is 0.552. The van der Waals surface area contributed by atoms with Gasteiger partial charge in [-0.05, 0) is 70.8 Å². The highest BCUT2D eigenvalue weighted by molar-refractivity contribution is 7.89. The molecule has 0 radical (unpaired) electrons. The summed E-state index contributed by atoms with van der Waals surface area (Å²) in [5.74, 6) is 0.161. The van der Waals surface area contributed by atoms with Gasteiger partial charge in [-0.2, -0.15) is 4.31 Å². The SMILES string of the molecule is C=C(C)[C@@H]1C[C@]2(O[Si](C)(C)C)CCN(S(=O)(=O)c3ccc(C)cc3)[C@H]1C2. The van der Waals surface area contributed by atoms with Crippen LogP contribution >= 0.6 is 0 Å². The van der Waals surface area contributed by atoms with Crippen molar-refractivity contribution in [2.45, 2.75) is 69.3 Å². The summed E-state index contributed by atoms with van der Waals surface area (Å²) in [4.78, 5) is 0.383. The number of nitrogens with zero attached hydrogens (tertiary/aromatic N) is 1. The third-order valence-corrected chi connectivity index (χ3v) is 8.56. The maximum atomic E-state index is 13.3. The van der Waals surface area contributed by atoms with E-state index in [0.717, 1.165) is 30.4 Å². The zero-order chi connectivity index (χ0) is 19.3. The zero-order valence-electron chi connectivity index (χ0n) is 16.6. The largest absolute Gasteiger partial charge is 0.412 e. The van der Waals surface area contributed by atoms with Gasteiger partial charge in [-0.3, -0.25) is 0 Å². The van der Waals surface area contributed by atoms with Crippen molar-refractivity contribution in [3.8, 4) is 0 Å². The van der Waals surface area contributed by atoms with Crippen LogP contribution in [0.15, 0.2) is 41.3 Å². The van der Waals surface area contributed by atoms with Gasteiger partial charge in [0.25, 0.3) is 0 Å². The second kappa shape index (κ2) is 6.58. The fourth-order valence-electron chi connectivity index (χ4n) is 4.56. The van der Waals surface area contributed by atoms with E-state index < -0.39 is 18.3 Å². The molecule has 4 nitrogen and oxygen atoms in total. The minimum Gasteiger partial charge on any atom is -0.412 e. The first-order valence-corrected chi connectivity index (χ1v) is 14.2. The monoisotopic (exact) mass is 393 g/mol. The summed E-state index contributed by atoms with van der Waals surface area (Å²) in [5, 5.41) is 0. The molecule has 1 aliphatic carbocycles. The van der Waals surface area contributed by atoms with E-state index in [-0.39, 0.29) is 17.6 Å². The number of piperidine rings is 1. The van der Waals surface area contributed by atoms with Crippen molar-refractivity contribution in [1.29, 1.82) is 0 Å². The second-order valence-corrected chi connectivity index (χ2v) is 15.3. The van der Waals surface area contributed by atoms with Crippen LogP contribution in [-0.4, -0.2) is 39.2 Å². The molecule has 1 aromatic rings. The number of sulfonamides is 1. The maximum Gasteiger partial charge on any atom is 0.243 e. The molecule has 0 spiro atoms. The number of hydrogen-bond donors (Lipinski definition) is 0. The van der Waals surface area contributed by atoms with Crippen LogP contribution in [0.5, 0.6) is 0 Å². The highest BCUT2D eigenvalue weighted by Crippen LogP contribution is 2.50. The van der Waals surface area contributed by atoms with Crippen LogP contribution in [0.25, 0.3) is 0 Å². The Balaban J connectivity index is 1.94. The van der Waals surface area contributed by atoms with Crippen LogP contribution in [0.4, 0.5) is 0 Å². The highest BCUT2D eigenvalue weighted by atomic mass is 32.2. The molecule has 1 aliphatic heterocycles. The van der Waals surface area contributed by atoms with Gasteiger partial charge in [0.15, 0.2) is 8.32 Å². The Labute approximate surface area is 159 Å². The predicted molar refractivity (Wildman–Crippen MR) is 108 cm³/mol.